The van der Waals surface area contributed by atoms with Gasteiger partial charge in [0.2, 0.25) is 16.0 Å². The number of aromatic nitrogens is 2. The molecule has 1 unspecified atom stereocenters. The predicted octanol–water partition coefficient (Wildman–Crippen LogP) is 1.12. The van der Waals surface area contributed by atoms with Crippen molar-refractivity contribution in [2.24, 2.45) is 5.92 Å². The number of hydrogen-bond acceptors (Lipinski definition) is 7. The van der Waals surface area contributed by atoms with Crippen LogP contribution >= 0.6 is 0 Å². The topological polar surface area (TPSA) is 108 Å². The minimum Gasteiger partial charge on any atom is -0.368 e. The number of benzene rings is 1. The van der Waals surface area contributed by atoms with E-state index in [1.807, 2.05) is 20.2 Å². The lowest BCUT2D eigenvalue weighted by Gasteiger charge is -2.38. The van der Waals surface area contributed by atoms with Crippen molar-refractivity contribution in [2.75, 3.05) is 37.4 Å². The number of carbonyl (C=O) groups is 1. The average Bonchev–Trinajstić information content (AvgIpc) is 2.73. The van der Waals surface area contributed by atoms with Gasteiger partial charge in [0.15, 0.2) is 0 Å². The van der Waals surface area contributed by atoms with Crippen molar-refractivity contribution in [3.05, 3.63) is 42.2 Å². The molecule has 0 saturated carbocycles. The maximum absolute atomic E-state index is 12.7. The van der Waals surface area contributed by atoms with E-state index in [1.165, 1.54) is 0 Å². The van der Waals surface area contributed by atoms with Gasteiger partial charge in [0.25, 0.3) is 5.91 Å². The lowest BCUT2D eigenvalue weighted by molar-refractivity contribution is 0.0678. The quantitative estimate of drug-likeness (QED) is 0.772. The van der Waals surface area contributed by atoms with E-state index in [2.05, 4.69) is 20.0 Å². The van der Waals surface area contributed by atoms with E-state index in [0.29, 0.717) is 43.1 Å². The summed E-state index contributed by atoms with van der Waals surface area (Å²) < 4.78 is 27.8. The molecule has 9 nitrogen and oxygen atoms in total. The molecule has 1 aromatic carbocycles. The number of para-hydroxylation sites is 1. The summed E-state index contributed by atoms with van der Waals surface area (Å²) in [6.07, 6.45) is 4.11. The Morgan fingerprint density at radius 3 is 2.45 bits per heavy atom. The number of piperidine rings is 1. The van der Waals surface area contributed by atoms with Crippen molar-refractivity contribution < 1.29 is 13.2 Å². The number of sulfonamides is 1. The number of likely N-dealkylation sites (tertiary alicyclic amines) is 1. The van der Waals surface area contributed by atoms with E-state index < -0.39 is 10.0 Å². The van der Waals surface area contributed by atoms with Gasteiger partial charge in [-0.25, -0.2) is 18.4 Å². The standard InChI is InChI=1S/C19H24N6O3S/c1-24(2)19-20-11-14(12-21-19)18(26)25-9-7-13(8-10-25)17-22-15-5-3-4-6-16(15)29(27,28)23-17/h3-6,11-13,17,22-23H,7-10H2,1-2H3. The van der Waals surface area contributed by atoms with Gasteiger partial charge in [-0.05, 0) is 30.9 Å². The highest BCUT2D eigenvalue weighted by molar-refractivity contribution is 7.89. The first-order chi connectivity index (χ1) is 13.8. The summed E-state index contributed by atoms with van der Waals surface area (Å²) in [6, 6.07) is 6.89. The summed E-state index contributed by atoms with van der Waals surface area (Å²) in [5.41, 5.74) is 1.08. The van der Waals surface area contributed by atoms with Crippen molar-refractivity contribution in [1.29, 1.82) is 0 Å². The number of fused-ring (bicyclic) bond motifs is 1. The summed E-state index contributed by atoms with van der Waals surface area (Å²) in [4.78, 5) is 25.0. The molecule has 2 aromatic rings. The van der Waals surface area contributed by atoms with Crippen LogP contribution in [0.25, 0.3) is 0 Å². The summed E-state index contributed by atoms with van der Waals surface area (Å²) in [5.74, 6) is 0.544. The molecule has 0 spiro atoms. The number of rotatable bonds is 3. The molecule has 154 valence electrons. The van der Waals surface area contributed by atoms with Crippen LogP contribution in [0.1, 0.15) is 23.2 Å². The zero-order chi connectivity index (χ0) is 20.6. The molecule has 2 N–H and O–H groups in total. The molecule has 0 aliphatic carbocycles. The van der Waals surface area contributed by atoms with Crippen LogP contribution < -0.4 is 14.9 Å². The Labute approximate surface area is 170 Å². The van der Waals surface area contributed by atoms with Gasteiger partial charge in [0.05, 0.1) is 17.4 Å². The molecule has 10 heteroatoms. The fourth-order valence-corrected chi connectivity index (χ4v) is 5.13. The molecular weight excluding hydrogens is 392 g/mol. The summed E-state index contributed by atoms with van der Waals surface area (Å²) in [5, 5.41) is 3.30. The molecule has 0 radical (unpaired) electrons. The van der Waals surface area contributed by atoms with Crippen LogP contribution in [0.15, 0.2) is 41.6 Å². The Balaban J connectivity index is 1.40. The molecule has 2 aliphatic rings. The largest absolute Gasteiger partial charge is 0.368 e. The van der Waals surface area contributed by atoms with Crippen LogP contribution in [0.3, 0.4) is 0 Å². The van der Waals surface area contributed by atoms with E-state index in [4.69, 9.17) is 0 Å². The van der Waals surface area contributed by atoms with E-state index in [-0.39, 0.29) is 22.9 Å². The van der Waals surface area contributed by atoms with Gasteiger partial charge < -0.3 is 15.1 Å². The van der Waals surface area contributed by atoms with Crippen molar-refractivity contribution in [3.63, 3.8) is 0 Å². The van der Waals surface area contributed by atoms with Gasteiger partial charge in [0.1, 0.15) is 4.90 Å². The van der Waals surface area contributed by atoms with Crippen molar-refractivity contribution in [1.82, 2.24) is 19.6 Å². The first-order valence-electron chi connectivity index (χ1n) is 9.52. The highest BCUT2D eigenvalue weighted by atomic mass is 32.2. The van der Waals surface area contributed by atoms with E-state index in [0.717, 1.165) is 0 Å². The second kappa shape index (κ2) is 7.60. The monoisotopic (exact) mass is 416 g/mol. The first-order valence-corrected chi connectivity index (χ1v) is 11.0. The lowest BCUT2D eigenvalue weighted by atomic mass is 9.93. The van der Waals surface area contributed by atoms with Crippen molar-refractivity contribution >= 4 is 27.6 Å². The van der Waals surface area contributed by atoms with Crippen molar-refractivity contribution in [2.45, 2.75) is 23.9 Å². The van der Waals surface area contributed by atoms with Gasteiger partial charge in [-0.3, -0.25) is 4.79 Å². The van der Waals surface area contributed by atoms with Gasteiger partial charge in [-0.2, -0.15) is 4.72 Å². The van der Waals surface area contributed by atoms with Crippen LogP contribution in [-0.2, 0) is 10.0 Å². The first kappa shape index (κ1) is 19.6. The number of nitrogens with zero attached hydrogens (tertiary/aromatic N) is 4. The van der Waals surface area contributed by atoms with Crippen LogP contribution in [0.5, 0.6) is 0 Å². The van der Waals surface area contributed by atoms with E-state index in [9.17, 15) is 13.2 Å². The van der Waals surface area contributed by atoms with Gasteiger partial charge >= 0.3 is 0 Å². The third-order valence-electron chi connectivity index (χ3n) is 5.35. The van der Waals surface area contributed by atoms with Gasteiger partial charge in [-0.15, -0.1) is 0 Å². The van der Waals surface area contributed by atoms with Gasteiger partial charge in [-0.1, -0.05) is 12.1 Å². The molecular formula is C19H24N6O3S. The third-order valence-corrected chi connectivity index (χ3v) is 6.85. The molecule has 3 heterocycles. The van der Waals surface area contributed by atoms with Crippen LogP contribution in [0.2, 0.25) is 0 Å². The molecule has 29 heavy (non-hydrogen) atoms. The third kappa shape index (κ3) is 3.90. The maximum Gasteiger partial charge on any atom is 0.256 e. The number of hydrogen-bond donors (Lipinski definition) is 2. The SMILES string of the molecule is CN(C)c1ncc(C(=O)N2CCC(C3Nc4ccccc4S(=O)(=O)N3)CC2)cn1. The van der Waals surface area contributed by atoms with Crippen LogP contribution in [0, 0.1) is 5.92 Å². The van der Waals surface area contributed by atoms with E-state index >= 15 is 0 Å². The molecule has 1 atom stereocenters. The Kier molecular flexibility index (Phi) is 5.13. The van der Waals surface area contributed by atoms with Crippen molar-refractivity contribution in [3.8, 4) is 0 Å². The fourth-order valence-electron chi connectivity index (χ4n) is 3.74. The maximum atomic E-state index is 12.7. The highest BCUT2D eigenvalue weighted by Gasteiger charge is 2.36. The fraction of sp³-hybridized carbons (Fsp3) is 0.421. The van der Waals surface area contributed by atoms with Crippen LogP contribution in [-0.4, -0.2) is 62.5 Å². The summed E-state index contributed by atoms with van der Waals surface area (Å²) in [7, 11) is 0.143. The average molecular weight is 417 g/mol. The second-order valence-corrected chi connectivity index (χ2v) is 9.22. The Morgan fingerprint density at radius 1 is 1.14 bits per heavy atom. The zero-order valence-electron chi connectivity index (χ0n) is 16.4. The summed E-state index contributed by atoms with van der Waals surface area (Å²) >= 11 is 0. The Bertz CT molecular complexity index is 1000. The summed E-state index contributed by atoms with van der Waals surface area (Å²) in [6.45, 7) is 1.11. The Morgan fingerprint density at radius 2 is 1.79 bits per heavy atom. The van der Waals surface area contributed by atoms with Gasteiger partial charge in [0, 0.05) is 39.6 Å². The number of carbonyl (C=O) groups excluding carboxylic acids is 1. The number of anilines is 2. The van der Waals surface area contributed by atoms with Crippen LogP contribution in [0.4, 0.5) is 11.6 Å². The minimum absolute atomic E-state index is 0.0922. The number of amides is 1. The molecule has 1 aromatic heterocycles. The molecule has 1 saturated heterocycles. The Hall–Kier alpha value is -2.72. The molecule has 0 bridgehead atoms. The number of nitrogens with one attached hydrogen (secondary N) is 2. The smallest absolute Gasteiger partial charge is 0.256 e. The minimum atomic E-state index is -3.54. The second-order valence-electron chi connectivity index (χ2n) is 7.54. The molecule has 1 amide bonds. The molecule has 4 rings (SSSR count). The normalized spacial score (nSPS) is 21.2. The zero-order valence-corrected chi connectivity index (χ0v) is 17.2. The predicted molar refractivity (Wildman–Crippen MR) is 109 cm³/mol. The highest BCUT2D eigenvalue weighted by Crippen LogP contribution is 2.31. The lowest BCUT2D eigenvalue weighted by Crippen LogP contribution is -2.52. The molecule has 2 aliphatic heterocycles. The van der Waals surface area contributed by atoms with E-state index in [1.54, 1.807) is 40.4 Å². The molecule has 1 fully saturated rings.